The van der Waals surface area contributed by atoms with Gasteiger partial charge in [-0.2, -0.15) is 0 Å². The molecule has 15 heavy (non-hydrogen) atoms. The minimum atomic E-state index is -1.96. The quantitative estimate of drug-likeness (QED) is 0.204. The normalized spacial score (nSPS) is 45.9. The average molecular weight is 219 g/mol. The number of aliphatic hydroxyl groups is 5. The number of rotatable bonds is 2. The Hall–Kier alpha value is -0.890. The molecule has 1 rings (SSSR count). The minimum absolute atomic E-state index is 0.386. The van der Waals surface area contributed by atoms with Crippen molar-refractivity contribution in [3.63, 3.8) is 0 Å². The van der Waals surface area contributed by atoms with E-state index in [0.29, 0.717) is 0 Å². The smallest absolute Gasteiger partial charge is 0.116 e. The Morgan fingerprint density at radius 3 is 2.47 bits per heavy atom. The number of hydrogen-bond donors (Lipinski definition) is 5. The third kappa shape index (κ3) is 2.05. The van der Waals surface area contributed by atoms with E-state index in [-0.39, 0.29) is 6.42 Å². The highest BCUT2D eigenvalue weighted by Gasteiger charge is 2.50. The second kappa shape index (κ2) is 4.31. The van der Waals surface area contributed by atoms with Gasteiger partial charge in [0.25, 0.3) is 0 Å². The van der Waals surface area contributed by atoms with Crippen molar-refractivity contribution in [1.29, 1.82) is 0 Å². The highest BCUT2D eigenvalue weighted by Crippen LogP contribution is 2.31. The predicted molar refractivity (Wildman–Crippen MR) is 47.6 cm³/mol. The molecule has 8 nitrogen and oxygen atoms in total. The molecule has 1 aliphatic rings. The molecule has 0 spiro atoms. The number of azide groups is 1. The van der Waals surface area contributed by atoms with Gasteiger partial charge in [0.15, 0.2) is 0 Å². The van der Waals surface area contributed by atoms with E-state index in [9.17, 15) is 20.4 Å². The van der Waals surface area contributed by atoms with Crippen molar-refractivity contribution in [2.24, 2.45) is 5.11 Å². The van der Waals surface area contributed by atoms with Crippen LogP contribution >= 0.6 is 0 Å². The van der Waals surface area contributed by atoms with Crippen LogP contribution in [0.15, 0.2) is 5.11 Å². The number of hydrogen-bond acceptors (Lipinski definition) is 6. The lowest BCUT2D eigenvalue weighted by atomic mass is 9.76. The van der Waals surface area contributed by atoms with Crippen molar-refractivity contribution >= 4 is 0 Å². The van der Waals surface area contributed by atoms with Crippen molar-refractivity contribution in [3.8, 4) is 0 Å². The number of aliphatic hydroxyl groups excluding tert-OH is 4. The lowest BCUT2D eigenvalue weighted by Crippen LogP contribution is -2.63. The Kier molecular flexibility index (Phi) is 3.50. The Morgan fingerprint density at radius 1 is 1.40 bits per heavy atom. The van der Waals surface area contributed by atoms with Crippen LogP contribution in [-0.4, -0.2) is 62.1 Å². The van der Waals surface area contributed by atoms with E-state index in [0.717, 1.165) is 0 Å². The van der Waals surface area contributed by atoms with Gasteiger partial charge in [-0.05, 0) is 5.53 Å². The summed E-state index contributed by atoms with van der Waals surface area (Å²) in [4.78, 5) is 2.40. The fourth-order valence-electron chi connectivity index (χ4n) is 1.69. The molecule has 0 unspecified atom stereocenters. The Bertz CT molecular complexity index is 282. The predicted octanol–water partition coefficient (Wildman–Crippen LogP) is -2.12. The van der Waals surface area contributed by atoms with Crippen molar-refractivity contribution in [2.75, 3.05) is 6.61 Å². The van der Waals surface area contributed by atoms with Gasteiger partial charge in [-0.3, -0.25) is 0 Å². The van der Waals surface area contributed by atoms with Gasteiger partial charge >= 0.3 is 0 Å². The van der Waals surface area contributed by atoms with Crippen LogP contribution in [0.5, 0.6) is 0 Å². The first-order chi connectivity index (χ1) is 6.96. The zero-order valence-corrected chi connectivity index (χ0v) is 7.80. The minimum Gasteiger partial charge on any atom is -0.393 e. The molecule has 0 aromatic rings. The van der Waals surface area contributed by atoms with Crippen LogP contribution < -0.4 is 0 Å². The Labute approximate surface area is 85.0 Å². The van der Waals surface area contributed by atoms with Crippen LogP contribution in [-0.2, 0) is 0 Å². The summed E-state index contributed by atoms with van der Waals surface area (Å²) in [5.41, 5.74) is 6.23. The topological polar surface area (TPSA) is 150 Å². The van der Waals surface area contributed by atoms with Gasteiger partial charge in [-0.25, -0.2) is 0 Å². The third-order valence-corrected chi connectivity index (χ3v) is 2.64. The molecule has 8 heteroatoms. The molecule has 5 N–H and O–H groups in total. The molecule has 0 bridgehead atoms. The van der Waals surface area contributed by atoms with Gasteiger partial charge in [0.2, 0.25) is 0 Å². The SMILES string of the molecule is [N-]=[N+]=N[C@H]1[C@@H](O)[C@H](O)C[C@](O)(CO)[C@@H]1O. The summed E-state index contributed by atoms with van der Waals surface area (Å²) in [7, 11) is 0. The van der Waals surface area contributed by atoms with Crippen molar-refractivity contribution in [1.82, 2.24) is 0 Å². The van der Waals surface area contributed by atoms with E-state index < -0.39 is 36.6 Å². The molecule has 1 aliphatic carbocycles. The maximum absolute atomic E-state index is 9.68. The van der Waals surface area contributed by atoms with Crippen LogP contribution in [0.4, 0.5) is 0 Å². The molecule has 0 heterocycles. The molecular formula is C7H13N3O5. The second-order valence-corrected chi connectivity index (χ2v) is 3.66. The van der Waals surface area contributed by atoms with Crippen LogP contribution in [0.25, 0.3) is 10.4 Å². The largest absolute Gasteiger partial charge is 0.393 e. The summed E-state index contributed by atoms with van der Waals surface area (Å²) in [6.07, 6.45) is -4.82. The first-order valence-electron chi connectivity index (χ1n) is 4.38. The first kappa shape index (κ1) is 12.2. The van der Waals surface area contributed by atoms with E-state index in [1.807, 2.05) is 0 Å². The zero-order valence-electron chi connectivity index (χ0n) is 7.80. The summed E-state index contributed by atoms with van der Waals surface area (Å²) in [5.74, 6) is 0. The van der Waals surface area contributed by atoms with Crippen molar-refractivity contribution in [2.45, 2.75) is 36.4 Å². The van der Waals surface area contributed by atoms with E-state index >= 15 is 0 Å². The molecule has 0 radical (unpaired) electrons. The zero-order chi connectivity index (χ0) is 11.6. The highest BCUT2D eigenvalue weighted by molar-refractivity contribution is 5.05. The fraction of sp³-hybridized carbons (Fsp3) is 1.00. The highest BCUT2D eigenvalue weighted by atomic mass is 16.4. The van der Waals surface area contributed by atoms with Crippen LogP contribution in [0.2, 0.25) is 0 Å². The van der Waals surface area contributed by atoms with Crippen LogP contribution in [0.3, 0.4) is 0 Å². The van der Waals surface area contributed by atoms with Crippen molar-refractivity contribution < 1.29 is 25.5 Å². The summed E-state index contributed by atoms with van der Waals surface area (Å²) >= 11 is 0. The fourth-order valence-corrected chi connectivity index (χ4v) is 1.69. The summed E-state index contributed by atoms with van der Waals surface area (Å²) in [5, 5.41) is 49.9. The molecule has 0 saturated heterocycles. The maximum atomic E-state index is 9.68. The number of nitrogens with zero attached hydrogens (tertiary/aromatic N) is 3. The Morgan fingerprint density at radius 2 is 2.00 bits per heavy atom. The van der Waals surface area contributed by atoms with Crippen LogP contribution in [0.1, 0.15) is 6.42 Å². The summed E-state index contributed by atoms with van der Waals surface area (Å²) in [6, 6.07) is -1.38. The van der Waals surface area contributed by atoms with E-state index in [1.165, 1.54) is 0 Å². The van der Waals surface area contributed by atoms with Gasteiger partial charge < -0.3 is 25.5 Å². The standard InChI is InChI=1S/C7H13N3O5/c8-10-9-4-5(13)3(12)1-7(15,2-11)6(4)14/h3-6,11-15H,1-2H2/t3-,4+,5+,6-,7+/m1/s1. The van der Waals surface area contributed by atoms with E-state index in [4.69, 9.17) is 10.6 Å². The van der Waals surface area contributed by atoms with Gasteiger partial charge in [0.05, 0.1) is 31.0 Å². The third-order valence-electron chi connectivity index (χ3n) is 2.64. The average Bonchev–Trinajstić information content (AvgIpc) is 2.22. The second-order valence-electron chi connectivity index (χ2n) is 3.66. The molecule has 0 aromatic carbocycles. The van der Waals surface area contributed by atoms with Gasteiger partial charge in [-0.1, -0.05) is 5.11 Å². The molecule has 0 amide bonds. The summed E-state index contributed by atoms with van der Waals surface area (Å²) in [6.45, 7) is -0.796. The van der Waals surface area contributed by atoms with Gasteiger partial charge in [0.1, 0.15) is 5.60 Å². The monoisotopic (exact) mass is 219 g/mol. The molecule has 86 valence electrons. The Balaban J connectivity index is 2.98. The molecule has 1 saturated carbocycles. The molecule has 1 fully saturated rings. The molecule has 5 atom stereocenters. The van der Waals surface area contributed by atoms with Gasteiger partial charge in [-0.15, -0.1) is 0 Å². The lowest BCUT2D eigenvalue weighted by molar-refractivity contribution is -0.188. The summed E-state index contributed by atoms with van der Waals surface area (Å²) < 4.78 is 0. The molecular weight excluding hydrogens is 206 g/mol. The van der Waals surface area contributed by atoms with Crippen LogP contribution in [0, 0.1) is 0 Å². The van der Waals surface area contributed by atoms with E-state index in [1.54, 1.807) is 0 Å². The first-order valence-corrected chi connectivity index (χ1v) is 4.38. The maximum Gasteiger partial charge on any atom is 0.116 e. The van der Waals surface area contributed by atoms with Gasteiger partial charge in [0, 0.05) is 11.3 Å². The molecule has 0 aromatic heterocycles. The van der Waals surface area contributed by atoms with Crippen molar-refractivity contribution in [3.05, 3.63) is 10.4 Å². The molecule has 0 aliphatic heterocycles. The lowest BCUT2D eigenvalue weighted by Gasteiger charge is -2.43. The van der Waals surface area contributed by atoms with E-state index in [2.05, 4.69) is 10.0 Å².